The number of benzene rings is 6. The quantitative estimate of drug-likeness (QED) is 0.233. The van der Waals surface area contributed by atoms with Crippen LogP contribution in [0.15, 0.2) is 140 Å². The van der Waals surface area contributed by atoms with Crippen LogP contribution in [0.1, 0.15) is 5.56 Å². The van der Waals surface area contributed by atoms with Crippen molar-refractivity contribution >= 4 is 43.6 Å². The molecule has 3 nitrogen and oxygen atoms in total. The first-order chi connectivity index (χ1) is 19.8. The first-order valence-corrected chi connectivity index (χ1v) is 13.4. The zero-order valence-electron chi connectivity index (χ0n) is 21.6. The highest BCUT2D eigenvalue weighted by molar-refractivity contribution is 6.12. The summed E-state index contributed by atoms with van der Waals surface area (Å²) in [6.07, 6.45) is 0. The molecule has 0 spiro atoms. The molecule has 0 saturated carbocycles. The molecule has 0 saturated heterocycles. The number of para-hydroxylation sites is 3. The summed E-state index contributed by atoms with van der Waals surface area (Å²) in [7, 11) is 0. The standard InChI is InChI=1S/C37H23N3/c38-24-25-15-18-35-31(21-25)33-23-27(17-20-37(33)40(35)29-11-5-2-6-12-29)26-16-19-36-32(22-26)30-13-7-8-14-34(30)39(36)28-9-3-1-4-10-28/h1-23H. The van der Waals surface area contributed by atoms with Crippen LogP contribution in [-0.2, 0) is 0 Å². The molecule has 0 aliphatic carbocycles. The minimum absolute atomic E-state index is 0.667. The van der Waals surface area contributed by atoms with E-state index < -0.39 is 0 Å². The Morgan fingerprint density at radius 1 is 0.400 bits per heavy atom. The second-order valence-electron chi connectivity index (χ2n) is 10.2. The number of fused-ring (bicyclic) bond motifs is 6. The smallest absolute Gasteiger partial charge is 0.0991 e. The molecule has 0 bridgehead atoms. The van der Waals surface area contributed by atoms with E-state index in [2.05, 4.69) is 137 Å². The minimum atomic E-state index is 0.667. The fourth-order valence-corrected chi connectivity index (χ4v) is 6.14. The van der Waals surface area contributed by atoms with Gasteiger partial charge in [-0.1, -0.05) is 66.7 Å². The number of nitriles is 1. The fraction of sp³-hybridized carbons (Fsp3) is 0. The summed E-state index contributed by atoms with van der Waals surface area (Å²) in [5, 5.41) is 14.3. The normalized spacial score (nSPS) is 11.5. The molecule has 40 heavy (non-hydrogen) atoms. The van der Waals surface area contributed by atoms with Crippen LogP contribution in [0.4, 0.5) is 0 Å². The highest BCUT2D eigenvalue weighted by Gasteiger charge is 2.16. The fourth-order valence-electron chi connectivity index (χ4n) is 6.14. The third kappa shape index (κ3) is 3.30. The van der Waals surface area contributed by atoms with E-state index in [9.17, 15) is 5.26 Å². The monoisotopic (exact) mass is 509 g/mol. The SMILES string of the molecule is N#Cc1ccc2c(c1)c1cc(-c3ccc4c(c3)c3ccccc3n4-c3ccccc3)ccc1n2-c1ccccc1. The van der Waals surface area contributed by atoms with Crippen molar-refractivity contribution in [2.75, 3.05) is 0 Å². The molecule has 8 aromatic rings. The Hall–Kier alpha value is -5.59. The van der Waals surface area contributed by atoms with Crippen LogP contribution >= 0.6 is 0 Å². The van der Waals surface area contributed by atoms with Crippen molar-refractivity contribution in [3.63, 3.8) is 0 Å². The van der Waals surface area contributed by atoms with Crippen molar-refractivity contribution in [3.8, 4) is 28.6 Å². The number of hydrogen-bond acceptors (Lipinski definition) is 1. The lowest BCUT2D eigenvalue weighted by molar-refractivity contribution is 1.18. The maximum absolute atomic E-state index is 9.64. The van der Waals surface area contributed by atoms with E-state index in [4.69, 9.17) is 0 Å². The maximum Gasteiger partial charge on any atom is 0.0991 e. The second-order valence-corrected chi connectivity index (χ2v) is 10.2. The van der Waals surface area contributed by atoms with Gasteiger partial charge in [0.25, 0.3) is 0 Å². The summed E-state index contributed by atoms with van der Waals surface area (Å²) in [5.74, 6) is 0. The maximum atomic E-state index is 9.64. The predicted octanol–water partition coefficient (Wildman–Crippen LogP) is 9.42. The third-order valence-corrected chi connectivity index (χ3v) is 7.93. The number of hydrogen-bond donors (Lipinski definition) is 0. The Bertz CT molecular complexity index is 2260. The molecule has 0 aliphatic heterocycles. The minimum Gasteiger partial charge on any atom is -0.309 e. The summed E-state index contributed by atoms with van der Waals surface area (Å²) in [5.41, 5.74) is 9.87. The molecule has 0 aliphatic rings. The van der Waals surface area contributed by atoms with Gasteiger partial charge in [-0.25, -0.2) is 0 Å². The number of aromatic nitrogens is 2. The van der Waals surface area contributed by atoms with E-state index in [0.717, 1.165) is 38.7 Å². The zero-order valence-corrected chi connectivity index (χ0v) is 21.6. The average molecular weight is 510 g/mol. The second kappa shape index (κ2) is 8.73. The summed E-state index contributed by atoms with van der Waals surface area (Å²) in [6.45, 7) is 0. The molecular weight excluding hydrogens is 486 g/mol. The Balaban J connectivity index is 1.38. The van der Waals surface area contributed by atoms with E-state index >= 15 is 0 Å². The van der Waals surface area contributed by atoms with Crippen molar-refractivity contribution in [2.45, 2.75) is 0 Å². The lowest BCUT2D eigenvalue weighted by atomic mass is 10.0. The first kappa shape index (κ1) is 22.4. The molecule has 0 N–H and O–H groups in total. The van der Waals surface area contributed by atoms with E-state index in [1.165, 1.54) is 27.4 Å². The van der Waals surface area contributed by atoms with Crippen molar-refractivity contribution in [1.82, 2.24) is 9.13 Å². The largest absolute Gasteiger partial charge is 0.309 e. The molecule has 0 unspecified atom stereocenters. The molecule has 0 amide bonds. The highest BCUT2D eigenvalue weighted by Crippen LogP contribution is 2.38. The van der Waals surface area contributed by atoms with Gasteiger partial charge in [0, 0.05) is 32.9 Å². The molecular formula is C37H23N3. The predicted molar refractivity (Wildman–Crippen MR) is 165 cm³/mol. The Kier molecular flexibility index (Phi) is 4.89. The van der Waals surface area contributed by atoms with Gasteiger partial charge in [-0.3, -0.25) is 0 Å². The van der Waals surface area contributed by atoms with Gasteiger partial charge >= 0.3 is 0 Å². The van der Waals surface area contributed by atoms with Gasteiger partial charge in [0.05, 0.1) is 33.7 Å². The molecule has 0 fully saturated rings. The zero-order chi connectivity index (χ0) is 26.6. The number of rotatable bonds is 3. The van der Waals surface area contributed by atoms with Crippen LogP contribution in [0.25, 0.3) is 66.1 Å². The van der Waals surface area contributed by atoms with Gasteiger partial charge in [0.2, 0.25) is 0 Å². The number of nitrogens with zero attached hydrogens (tertiary/aromatic N) is 3. The Labute approximate surface area is 231 Å². The van der Waals surface area contributed by atoms with E-state index in [1.54, 1.807) is 0 Å². The van der Waals surface area contributed by atoms with Crippen molar-refractivity contribution < 1.29 is 0 Å². The average Bonchev–Trinajstić information content (AvgIpc) is 3.53. The van der Waals surface area contributed by atoms with Crippen molar-refractivity contribution in [1.29, 1.82) is 5.26 Å². The molecule has 2 heterocycles. The molecule has 186 valence electrons. The van der Waals surface area contributed by atoms with E-state index in [0.29, 0.717) is 5.56 Å². The summed E-state index contributed by atoms with van der Waals surface area (Å²) in [4.78, 5) is 0. The summed E-state index contributed by atoms with van der Waals surface area (Å²) in [6, 6.07) is 51.3. The van der Waals surface area contributed by atoms with E-state index in [1.807, 2.05) is 18.2 Å². The van der Waals surface area contributed by atoms with Crippen LogP contribution < -0.4 is 0 Å². The molecule has 3 heteroatoms. The van der Waals surface area contributed by atoms with Gasteiger partial charge in [0.1, 0.15) is 0 Å². The van der Waals surface area contributed by atoms with Gasteiger partial charge < -0.3 is 9.13 Å². The lowest BCUT2D eigenvalue weighted by Crippen LogP contribution is -1.93. The first-order valence-electron chi connectivity index (χ1n) is 13.4. The van der Waals surface area contributed by atoms with Crippen molar-refractivity contribution in [2.24, 2.45) is 0 Å². The third-order valence-electron chi connectivity index (χ3n) is 7.93. The van der Waals surface area contributed by atoms with Crippen LogP contribution in [0, 0.1) is 11.3 Å². The van der Waals surface area contributed by atoms with Gasteiger partial charge in [-0.15, -0.1) is 0 Å². The van der Waals surface area contributed by atoms with E-state index in [-0.39, 0.29) is 0 Å². The van der Waals surface area contributed by atoms with Crippen LogP contribution in [0.5, 0.6) is 0 Å². The molecule has 0 radical (unpaired) electrons. The van der Waals surface area contributed by atoms with Gasteiger partial charge in [-0.2, -0.15) is 5.26 Å². The van der Waals surface area contributed by atoms with Crippen LogP contribution in [0.2, 0.25) is 0 Å². The highest BCUT2D eigenvalue weighted by atomic mass is 15.0. The van der Waals surface area contributed by atoms with Crippen LogP contribution in [0.3, 0.4) is 0 Å². The molecule has 8 rings (SSSR count). The Morgan fingerprint density at radius 2 is 0.850 bits per heavy atom. The van der Waals surface area contributed by atoms with Crippen molar-refractivity contribution in [3.05, 3.63) is 145 Å². The van der Waals surface area contributed by atoms with Gasteiger partial charge in [0.15, 0.2) is 0 Å². The molecule has 2 aromatic heterocycles. The van der Waals surface area contributed by atoms with Crippen LogP contribution in [-0.4, -0.2) is 9.13 Å². The summed E-state index contributed by atoms with van der Waals surface area (Å²) < 4.78 is 4.63. The van der Waals surface area contributed by atoms with Gasteiger partial charge in [-0.05, 0) is 83.9 Å². The molecule has 6 aromatic carbocycles. The molecule has 0 atom stereocenters. The summed E-state index contributed by atoms with van der Waals surface area (Å²) >= 11 is 0. The topological polar surface area (TPSA) is 33.6 Å². The Morgan fingerprint density at radius 3 is 1.43 bits per heavy atom. The lowest BCUT2D eigenvalue weighted by Gasteiger charge is -2.09.